The highest BCUT2D eigenvalue weighted by Crippen LogP contribution is 2.50. The molecule has 3 heterocycles. The van der Waals surface area contributed by atoms with Crippen LogP contribution in [0, 0.1) is 0 Å². The van der Waals surface area contributed by atoms with Gasteiger partial charge in [0, 0.05) is 6.26 Å². The summed E-state index contributed by atoms with van der Waals surface area (Å²) in [6.07, 6.45) is 0.572. The van der Waals surface area contributed by atoms with Crippen molar-refractivity contribution in [2.75, 3.05) is 20.0 Å². The first-order chi connectivity index (χ1) is 22.6. The van der Waals surface area contributed by atoms with Crippen molar-refractivity contribution in [2.45, 2.75) is 55.5 Å². The maximum absolute atomic E-state index is 12.8. The molecule has 1 N–H and O–H groups in total. The van der Waals surface area contributed by atoms with Crippen LogP contribution in [0.3, 0.4) is 0 Å². The molecule has 0 bridgehead atoms. The van der Waals surface area contributed by atoms with Crippen LogP contribution in [0.2, 0.25) is 0 Å². The Labute approximate surface area is 272 Å². The molecule has 0 unspecified atom stereocenters. The van der Waals surface area contributed by atoms with Crippen LogP contribution in [0.5, 0.6) is 5.88 Å². The summed E-state index contributed by atoms with van der Waals surface area (Å²) < 4.78 is 57.5. The van der Waals surface area contributed by atoms with Crippen LogP contribution in [0.15, 0.2) is 102 Å². The first-order valence-corrected chi connectivity index (χ1v) is 16.9. The van der Waals surface area contributed by atoms with Gasteiger partial charge in [0.15, 0.2) is 5.60 Å². The van der Waals surface area contributed by atoms with Crippen molar-refractivity contribution in [1.29, 1.82) is 0 Å². The van der Waals surface area contributed by atoms with Gasteiger partial charge in [-0.2, -0.15) is 4.98 Å². The minimum absolute atomic E-state index is 0.00691. The summed E-state index contributed by atoms with van der Waals surface area (Å²) in [5, 5.41) is 16.5. The molecule has 246 valence electrons. The van der Waals surface area contributed by atoms with E-state index in [0.717, 1.165) is 27.5 Å². The fourth-order valence-electron chi connectivity index (χ4n) is 5.63. The molecule has 1 fully saturated rings. The van der Waals surface area contributed by atoms with Crippen LogP contribution in [0.25, 0.3) is 5.65 Å². The molecule has 0 aliphatic carbocycles. The largest absolute Gasteiger partial charge is 0.478 e. The summed E-state index contributed by atoms with van der Waals surface area (Å²) in [5.74, 6) is -2.38. The number of aromatic nitrogens is 4. The molecule has 5 aromatic rings. The third-order valence-corrected chi connectivity index (χ3v) is 8.94. The maximum Gasteiger partial charge on any atom is 0.268 e. The van der Waals surface area contributed by atoms with Gasteiger partial charge in [-0.1, -0.05) is 91.0 Å². The van der Waals surface area contributed by atoms with E-state index in [2.05, 4.69) is 15.1 Å². The molecule has 0 spiro atoms. The standard InChI is InChI=1S/C34H36N4O8S/c1-33(45-22-26-17-11-6-12-18-26)29(44-21-25-15-9-5-10-16-25)27(23-43-20-24-13-7-4-8-14-24)46-34(33,39)28-19-35-30-31(42-2)36-32(37-38(28)30)47(3,40)41/h4-19,27,29,39H,20-23H2,1-3H3/t27-,29-,33-,34+/m1/s1. The molecular formula is C34H36N4O8S. The average molecular weight is 661 g/mol. The lowest BCUT2D eigenvalue weighted by molar-refractivity contribution is -0.294. The predicted molar refractivity (Wildman–Crippen MR) is 170 cm³/mol. The van der Waals surface area contributed by atoms with Crippen molar-refractivity contribution in [3.05, 3.63) is 120 Å². The van der Waals surface area contributed by atoms with Crippen molar-refractivity contribution < 1.29 is 37.2 Å². The first kappa shape index (κ1) is 32.7. The van der Waals surface area contributed by atoms with Gasteiger partial charge in [-0.05, 0) is 23.6 Å². The fraction of sp³-hybridized carbons (Fsp3) is 0.324. The topological polar surface area (TPSA) is 144 Å². The van der Waals surface area contributed by atoms with E-state index < -0.39 is 38.6 Å². The number of methoxy groups -OCH3 is 1. The molecule has 0 saturated carbocycles. The Kier molecular flexibility index (Phi) is 9.37. The van der Waals surface area contributed by atoms with Gasteiger partial charge in [0.2, 0.25) is 21.3 Å². The van der Waals surface area contributed by atoms with Gasteiger partial charge in [0.25, 0.3) is 11.0 Å². The Bertz CT molecular complexity index is 1910. The zero-order chi connectivity index (χ0) is 33.1. The minimum Gasteiger partial charge on any atom is -0.478 e. The average Bonchev–Trinajstić information content (AvgIpc) is 3.61. The monoisotopic (exact) mass is 660 g/mol. The Morgan fingerprint density at radius 1 is 0.894 bits per heavy atom. The van der Waals surface area contributed by atoms with Gasteiger partial charge in [-0.25, -0.2) is 17.9 Å². The number of sulfone groups is 1. The predicted octanol–water partition coefficient (Wildman–Crippen LogP) is 3.86. The van der Waals surface area contributed by atoms with E-state index in [0.29, 0.717) is 6.61 Å². The number of hydrogen-bond donors (Lipinski definition) is 1. The number of fused-ring (bicyclic) bond motifs is 1. The number of aliphatic hydroxyl groups is 1. The van der Waals surface area contributed by atoms with E-state index in [4.69, 9.17) is 23.7 Å². The van der Waals surface area contributed by atoms with Crippen LogP contribution in [-0.4, -0.2) is 70.9 Å². The summed E-state index contributed by atoms with van der Waals surface area (Å²) in [4.78, 5) is 8.41. The van der Waals surface area contributed by atoms with Crippen molar-refractivity contribution in [3.63, 3.8) is 0 Å². The van der Waals surface area contributed by atoms with E-state index in [-0.39, 0.29) is 37.0 Å². The van der Waals surface area contributed by atoms with Crippen molar-refractivity contribution >= 4 is 15.5 Å². The van der Waals surface area contributed by atoms with Gasteiger partial charge in [-0.3, -0.25) is 0 Å². The van der Waals surface area contributed by atoms with Crippen LogP contribution in [-0.2, 0) is 54.4 Å². The van der Waals surface area contributed by atoms with Crippen molar-refractivity contribution in [3.8, 4) is 5.88 Å². The molecule has 1 aliphatic heterocycles. The molecule has 6 rings (SSSR count). The number of benzene rings is 3. The van der Waals surface area contributed by atoms with Gasteiger partial charge in [-0.15, -0.1) is 5.10 Å². The van der Waals surface area contributed by atoms with E-state index in [1.165, 1.54) is 13.3 Å². The van der Waals surface area contributed by atoms with Crippen molar-refractivity contribution in [1.82, 2.24) is 19.6 Å². The van der Waals surface area contributed by atoms with Crippen LogP contribution in [0.4, 0.5) is 0 Å². The summed E-state index contributed by atoms with van der Waals surface area (Å²) in [5.41, 5.74) is 1.17. The van der Waals surface area contributed by atoms with E-state index >= 15 is 0 Å². The summed E-state index contributed by atoms with van der Waals surface area (Å²) >= 11 is 0. The Hall–Kier alpha value is -4.24. The van der Waals surface area contributed by atoms with Gasteiger partial charge in [0.05, 0.1) is 39.7 Å². The lowest BCUT2D eigenvalue weighted by Crippen LogP contribution is -2.55. The fourth-order valence-corrected chi connectivity index (χ4v) is 6.10. The molecule has 1 aliphatic rings. The van der Waals surface area contributed by atoms with E-state index in [1.807, 2.05) is 91.0 Å². The molecule has 2 aromatic heterocycles. The number of rotatable bonds is 13. The Balaban J connectivity index is 1.44. The summed E-state index contributed by atoms with van der Waals surface area (Å²) in [7, 11) is -2.55. The second-order valence-corrected chi connectivity index (χ2v) is 13.4. The Morgan fingerprint density at radius 3 is 2.04 bits per heavy atom. The second-order valence-electron chi connectivity index (χ2n) is 11.5. The quantitative estimate of drug-likeness (QED) is 0.197. The molecule has 13 heteroatoms. The summed E-state index contributed by atoms with van der Waals surface area (Å²) in [6.45, 7) is 2.30. The van der Waals surface area contributed by atoms with Crippen LogP contribution < -0.4 is 4.74 Å². The normalized spacial score (nSPS) is 22.9. The summed E-state index contributed by atoms with van der Waals surface area (Å²) in [6, 6.07) is 28.8. The lowest BCUT2D eigenvalue weighted by atomic mass is 9.87. The zero-order valence-corrected chi connectivity index (χ0v) is 27.0. The van der Waals surface area contributed by atoms with E-state index in [1.54, 1.807) is 6.92 Å². The molecule has 4 atom stereocenters. The smallest absolute Gasteiger partial charge is 0.268 e. The highest BCUT2D eigenvalue weighted by molar-refractivity contribution is 7.90. The lowest BCUT2D eigenvalue weighted by Gasteiger charge is -2.39. The minimum atomic E-state index is -3.89. The third kappa shape index (κ3) is 6.63. The highest BCUT2D eigenvalue weighted by Gasteiger charge is 2.67. The molecule has 3 aromatic carbocycles. The highest BCUT2D eigenvalue weighted by atomic mass is 32.2. The Morgan fingerprint density at radius 2 is 1.47 bits per heavy atom. The van der Waals surface area contributed by atoms with Crippen LogP contribution in [0.1, 0.15) is 29.3 Å². The van der Waals surface area contributed by atoms with Gasteiger partial charge in [0.1, 0.15) is 17.9 Å². The number of ether oxygens (including phenoxy) is 5. The maximum atomic E-state index is 12.8. The van der Waals surface area contributed by atoms with E-state index in [9.17, 15) is 13.5 Å². The first-order valence-electron chi connectivity index (χ1n) is 15.0. The third-order valence-electron chi connectivity index (χ3n) is 8.11. The zero-order valence-electron chi connectivity index (χ0n) is 26.2. The van der Waals surface area contributed by atoms with Gasteiger partial charge >= 0.3 is 0 Å². The number of imidazole rings is 1. The molecular weight excluding hydrogens is 624 g/mol. The SMILES string of the molecule is COc1nc(S(C)(=O)=O)nn2c([C@]3(O)O[C@H](COCc4ccccc4)[C@@H](OCc4ccccc4)[C@@]3(C)OCc3ccccc3)cnc12. The number of hydrogen-bond acceptors (Lipinski definition) is 11. The molecule has 1 saturated heterocycles. The second kappa shape index (κ2) is 13.5. The molecule has 0 radical (unpaired) electrons. The molecule has 47 heavy (non-hydrogen) atoms. The van der Waals surface area contributed by atoms with Crippen molar-refractivity contribution in [2.24, 2.45) is 0 Å². The van der Waals surface area contributed by atoms with Crippen LogP contribution >= 0.6 is 0 Å². The van der Waals surface area contributed by atoms with Gasteiger partial charge < -0.3 is 28.8 Å². The molecule has 12 nitrogen and oxygen atoms in total. The molecule has 0 amide bonds. The number of nitrogens with zero attached hydrogens (tertiary/aromatic N) is 4.